The Bertz CT molecular complexity index is 1400. The molecule has 0 unspecified atom stereocenters. The van der Waals surface area contributed by atoms with Crippen molar-refractivity contribution in [1.82, 2.24) is 9.97 Å². The zero-order chi connectivity index (χ0) is 24.1. The Morgan fingerprint density at radius 3 is 2.74 bits per heavy atom. The third-order valence-electron chi connectivity index (χ3n) is 5.31. The predicted octanol–water partition coefficient (Wildman–Crippen LogP) is 6.11. The summed E-state index contributed by atoms with van der Waals surface area (Å²) in [6.07, 6.45) is 0. The maximum Gasteiger partial charge on any atom is 0.276 e. The maximum absolute atomic E-state index is 12.6. The first-order chi connectivity index (χ1) is 16.5. The lowest BCUT2D eigenvalue weighted by molar-refractivity contribution is 0.415. The van der Waals surface area contributed by atoms with Gasteiger partial charge in [-0.1, -0.05) is 36.0 Å². The number of nitrogens with one attached hydrogen (secondary N) is 2. The largest absolute Gasteiger partial charge is 0.497 e. The number of hydrogen-bond donors (Lipinski definition) is 2. The average molecular weight is 473 g/mol. The number of aromatic nitrogens is 2. The number of ether oxygens (including phenoxy) is 1. The Labute approximate surface area is 202 Å². The van der Waals surface area contributed by atoms with E-state index in [1.54, 1.807) is 25.3 Å². The van der Waals surface area contributed by atoms with Crippen molar-refractivity contribution < 1.29 is 9.15 Å². The van der Waals surface area contributed by atoms with Gasteiger partial charge in [0.05, 0.1) is 25.9 Å². The van der Waals surface area contributed by atoms with Crippen LogP contribution in [0, 0.1) is 20.4 Å². The highest BCUT2D eigenvalue weighted by Crippen LogP contribution is 2.30. The molecule has 4 aromatic rings. The Kier molecular flexibility index (Phi) is 7.04. The molecule has 0 aliphatic heterocycles. The summed E-state index contributed by atoms with van der Waals surface area (Å²) in [4.78, 5) is 23.3. The number of rotatable bonds is 8. The molecule has 0 aliphatic rings. The van der Waals surface area contributed by atoms with E-state index in [2.05, 4.69) is 26.2 Å². The number of methoxy groups -OCH3 is 1. The molecule has 2 heterocycles. The molecule has 7 nitrogen and oxygen atoms in total. The summed E-state index contributed by atoms with van der Waals surface area (Å²) < 4.78 is 11.0. The van der Waals surface area contributed by atoms with Gasteiger partial charge >= 0.3 is 0 Å². The van der Waals surface area contributed by atoms with Crippen molar-refractivity contribution in [3.63, 3.8) is 0 Å². The monoisotopic (exact) mass is 472 g/mol. The van der Waals surface area contributed by atoms with E-state index in [9.17, 15) is 4.79 Å². The summed E-state index contributed by atoms with van der Waals surface area (Å²) in [6.45, 7) is 12.0. The van der Waals surface area contributed by atoms with E-state index >= 15 is 0 Å². The summed E-state index contributed by atoms with van der Waals surface area (Å²) in [5.41, 5.74) is 3.71. The van der Waals surface area contributed by atoms with Gasteiger partial charge in [-0.25, -0.2) is 9.83 Å². The van der Waals surface area contributed by atoms with Crippen molar-refractivity contribution in [1.29, 1.82) is 0 Å². The van der Waals surface area contributed by atoms with Gasteiger partial charge in [-0.2, -0.15) is 0 Å². The van der Waals surface area contributed by atoms with Crippen LogP contribution in [0.2, 0.25) is 0 Å². The van der Waals surface area contributed by atoms with Gasteiger partial charge in [0.25, 0.3) is 11.2 Å². The lowest BCUT2D eigenvalue weighted by Gasteiger charge is -2.09. The van der Waals surface area contributed by atoms with E-state index in [1.807, 2.05) is 44.2 Å². The molecule has 0 aliphatic carbocycles. The summed E-state index contributed by atoms with van der Waals surface area (Å²) in [5, 5.41) is 3.84. The number of nitrogens with zero attached hydrogens (tertiary/aromatic N) is 2. The number of hydrogen-bond acceptors (Lipinski definition) is 6. The van der Waals surface area contributed by atoms with Crippen molar-refractivity contribution in [3.05, 3.63) is 99.0 Å². The van der Waals surface area contributed by atoms with Crippen molar-refractivity contribution in [2.24, 2.45) is 0 Å². The van der Waals surface area contributed by atoms with Crippen molar-refractivity contribution >= 4 is 23.1 Å². The molecule has 2 aromatic heterocycles. The quantitative estimate of drug-likeness (QED) is 0.183. The smallest absolute Gasteiger partial charge is 0.276 e. The first-order valence-electron chi connectivity index (χ1n) is 10.6. The minimum Gasteiger partial charge on any atom is -0.497 e. The maximum atomic E-state index is 12.6. The Balaban J connectivity index is 1.50. The second kappa shape index (κ2) is 10.3. The van der Waals surface area contributed by atoms with Crippen LogP contribution in [-0.2, 0) is 12.3 Å². The molecule has 0 fully saturated rings. The van der Waals surface area contributed by atoms with Gasteiger partial charge in [-0.3, -0.25) is 4.79 Å². The molecule has 0 atom stereocenters. The van der Waals surface area contributed by atoms with Crippen LogP contribution in [0.4, 0.5) is 11.4 Å². The molecule has 172 valence electrons. The van der Waals surface area contributed by atoms with Crippen LogP contribution in [0.5, 0.6) is 5.75 Å². The van der Waals surface area contributed by atoms with Gasteiger partial charge in [-0.15, -0.1) is 0 Å². The summed E-state index contributed by atoms with van der Waals surface area (Å²) in [7, 11) is 1.57. The van der Waals surface area contributed by atoms with Crippen molar-refractivity contribution in [2.75, 3.05) is 12.4 Å². The van der Waals surface area contributed by atoms with Crippen LogP contribution in [0.1, 0.15) is 22.6 Å². The highest BCUT2D eigenvalue weighted by molar-refractivity contribution is 7.98. The van der Waals surface area contributed by atoms with Gasteiger partial charge < -0.3 is 19.5 Å². The molecule has 34 heavy (non-hydrogen) atoms. The fourth-order valence-electron chi connectivity index (χ4n) is 3.44. The van der Waals surface area contributed by atoms with Crippen molar-refractivity contribution in [3.8, 4) is 17.0 Å². The molecule has 0 bridgehead atoms. The first-order valence-corrected chi connectivity index (χ1v) is 11.6. The molecule has 2 aromatic carbocycles. The minimum atomic E-state index is -0.454. The lowest BCUT2D eigenvalue weighted by Crippen LogP contribution is -2.09. The van der Waals surface area contributed by atoms with Gasteiger partial charge in [0.2, 0.25) is 0 Å². The molecule has 4 rings (SSSR count). The van der Waals surface area contributed by atoms with Gasteiger partial charge in [0, 0.05) is 11.4 Å². The predicted molar refractivity (Wildman–Crippen MR) is 135 cm³/mol. The molecular weight excluding hydrogens is 448 g/mol. The molecule has 0 saturated carbocycles. The van der Waals surface area contributed by atoms with Gasteiger partial charge in [-0.05, 0) is 60.9 Å². The molecular formula is C26H24N4O3S. The molecule has 0 spiro atoms. The first kappa shape index (κ1) is 23.2. The Morgan fingerprint density at radius 1 is 1.18 bits per heavy atom. The minimum absolute atomic E-state index is 0.0350. The zero-order valence-corrected chi connectivity index (χ0v) is 20.0. The van der Waals surface area contributed by atoms with Gasteiger partial charge in [0.15, 0.2) is 5.16 Å². The molecule has 2 N–H and O–H groups in total. The number of thioether (sulfide) groups is 1. The van der Waals surface area contributed by atoms with E-state index in [1.165, 1.54) is 11.8 Å². The molecule has 0 amide bonds. The number of furan rings is 1. The third-order valence-corrected chi connectivity index (χ3v) is 6.26. The van der Waals surface area contributed by atoms with E-state index in [0.717, 1.165) is 28.3 Å². The van der Waals surface area contributed by atoms with Gasteiger partial charge in [0.1, 0.15) is 17.3 Å². The van der Waals surface area contributed by atoms with E-state index in [0.29, 0.717) is 34.5 Å². The SMILES string of the molecule is [C-]#[N+]c1c(-c2cccc(OC)c2)nc(SCc2cccc(NCc3cc(C)c(C)o3)c2)[nH]c1=O. The number of aromatic amines is 1. The second-order valence-corrected chi connectivity index (χ2v) is 8.67. The number of benzene rings is 2. The number of anilines is 1. The Morgan fingerprint density at radius 2 is 2.00 bits per heavy atom. The van der Waals surface area contributed by atoms with E-state index < -0.39 is 5.56 Å². The number of H-pyrrole nitrogens is 1. The standard InChI is InChI=1S/C26H24N4O3S/c1-16-11-22(33-17(16)2)14-28-20-9-5-7-18(12-20)15-34-26-29-23(24(27-3)25(31)30-26)19-8-6-10-21(13-19)32-4/h5-13,28H,14-15H2,1-2,4H3,(H,29,30,31). The van der Waals surface area contributed by atoms with Crippen LogP contribution in [-0.4, -0.2) is 17.1 Å². The Hall–Kier alpha value is -3.96. The van der Waals surface area contributed by atoms with Crippen LogP contribution in [0.15, 0.2) is 69.0 Å². The summed E-state index contributed by atoms with van der Waals surface area (Å²) in [6, 6.07) is 17.3. The number of aryl methyl sites for hydroxylation is 2. The average Bonchev–Trinajstić information content (AvgIpc) is 3.18. The second-order valence-electron chi connectivity index (χ2n) is 7.71. The summed E-state index contributed by atoms with van der Waals surface area (Å²) in [5.74, 6) is 3.06. The van der Waals surface area contributed by atoms with E-state index in [4.69, 9.17) is 15.7 Å². The normalized spacial score (nSPS) is 10.6. The molecule has 0 radical (unpaired) electrons. The highest BCUT2D eigenvalue weighted by atomic mass is 32.2. The van der Waals surface area contributed by atoms with Crippen molar-refractivity contribution in [2.45, 2.75) is 31.3 Å². The fourth-order valence-corrected chi connectivity index (χ4v) is 4.24. The van der Waals surface area contributed by atoms with E-state index in [-0.39, 0.29) is 5.69 Å². The highest BCUT2D eigenvalue weighted by Gasteiger charge is 2.15. The fraction of sp³-hybridized carbons (Fsp3) is 0.192. The third kappa shape index (κ3) is 5.33. The zero-order valence-electron chi connectivity index (χ0n) is 19.1. The van der Waals surface area contributed by atoms with Crippen LogP contribution < -0.4 is 15.6 Å². The van der Waals surface area contributed by atoms with Crippen LogP contribution >= 0.6 is 11.8 Å². The van der Waals surface area contributed by atoms with Crippen LogP contribution in [0.25, 0.3) is 16.1 Å². The topological polar surface area (TPSA) is 84.5 Å². The van der Waals surface area contributed by atoms with Crippen LogP contribution in [0.3, 0.4) is 0 Å². The molecule has 0 saturated heterocycles. The summed E-state index contributed by atoms with van der Waals surface area (Å²) >= 11 is 1.41. The molecule has 8 heteroatoms. The lowest BCUT2D eigenvalue weighted by atomic mass is 10.1.